The van der Waals surface area contributed by atoms with Crippen molar-refractivity contribution in [1.82, 2.24) is 10.6 Å². The smallest absolute Gasteiger partial charge is 0.191 e. The van der Waals surface area contributed by atoms with Crippen molar-refractivity contribution in [2.75, 3.05) is 44.3 Å². The van der Waals surface area contributed by atoms with E-state index in [0.717, 1.165) is 58.3 Å². The fourth-order valence-electron chi connectivity index (χ4n) is 2.60. The first kappa shape index (κ1) is 13.2. The Balaban J connectivity index is 1.67. The van der Waals surface area contributed by atoms with E-state index in [1.165, 1.54) is 11.3 Å². The van der Waals surface area contributed by atoms with Crippen molar-refractivity contribution in [3.63, 3.8) is 0 Å². The van der Waals surface area contributed by atoms with Gasteiger partial charge in [-0.15, -0.1) is 0 Å². The van der Waals surface area contributed by atoms with Crippen molar-refractivity contribution in [2.45, 2.75) is 13.0 Å². The predicted octanol–water partition coefficient (Wildman–Crippen LogP) is 0.962. The quantitative estimate of drug-likeness (QED) is 0.862. The van der Waals surface area contributed by atoms with Gasteiger partial charge >= 0.3 is 0 Å². The summed E-state index contributed by atoms with van der Waals surface area (Å²) < 4.78 is 5.43. The largest absolute Gasteiger partial charge is 0.378 e. The van der Waals surface area contributed by atoms with Crippen LogP contribution in [0.2, 0.25) is 0 Å². The SMILES string of the molecule is c1ccc(N2CCOCC2)c(CNC2=NCCCN2)c1. The number of benzene rings is 1. The Morgan fingerprint density at radius 1 is 1.25 bits per heavy atom. The lowest BCUT2D eigenvalue weighted by molar-refractivity contribution is 0.122. The van der Waals surface area contributed by atoms with Crippen LogP contribution in [0.15, 0.2) is 29.3 Å². The first-order chi connectivity index (χ1) is 9.93. The van der Waals surface area contributed by atoms with Crippen LogP contribution in [0, 0.1) is 0 Å². The highest BCUT2D eigenvalue weighted by atomic mass is 16.5. The second-order valence-corrected chi connectivity index (χ2v) is 5.09. The summed E-state index contributed by atoms with van der Waals surface area (Å²) in [6, 6.07) is 8.57. The molecule has 20 heavy (non-hydrogen) atoms. The van der Waals surface area contributed by atoms with Gasteiger partial charge in [0.2, 0.25) is 0 Å². The van der Waals surface area contributed by atoms with Gasteiger partial charge in [-0.25, -0.2) is 0 Å². The molecule has 0 aliphatic carbocycles. The number of nitrogens with one attached hydrogen (secondary N) is 2. The third kappa shape index (κ3) is 3.22. The second kappa shape index (κ2) is 6.61. The molecule has 1 fully saturated rings. The van der Waals surface area contributed by atoms with E-state index in [2.05, 4.69) is 44.8 Å². The predicted molar refractivity (Wildman–Crippen MR) is 81.2 cm³/mol. The third-order valence-corrected chi connectivity index (χ3v) is 3.69. The number of rotatable bonds is 3. The number of nitrogens with zero attached hydrogens (tertiary/aromatic N) is 2. The van der Waals surface area contributed by atoms with Crippen LogP contribution in [0.1, 0.15) is 12.0 Å². The Morgan fingerprint density at radius 3 is 2.90 bits per heavy atom. The molecule has 2 aliphatic heterocycles. The topological polar surface area (TPSA) is 48.9 Å². The van der Waals surface area contributed by atoms with Crippen LogP contribution in [-0.4, -0.2) is 45.4 Å². The Labute approximate surface area is 120 Å². The minimum Gasteiger partial charge on any atom is -0.378 e. The van der Waals surface area contributed by atoms with E-state index in [4.69, 9.17) is 4.74 Å². The first-order valence-corrected chi connectivity index (χ1v) is 7.36. The van der Waals surface area contributed by atoms with Crippen molar-refractivity contribution < 1.29 is 4.74 Å². The Kier molecular flexibility index (Phi) is 4.38. The normalized spacial score (nSPS) is 19.2. The number of hydrogen-bond donors (Lipinski definition) is 2. The molecule has 108 valence electrons. The molecular weight excluding hydrogens is 252 g/mol. The Hall–Kier alpha value is -1.75. The molecule has 5 nitrogen and oxygen atoms in total. The fourth-order valence-corrected chi connectivity index (χ4v) is 2.60. The van der Waals surface area contributed by atoms with Crippen molar-refractivity contribution in [2.24, 2.45) is 4.99 Å². The monoisotopic (exact) mass is 274 g/mol. The highest BCUT2D eigenvalue weighted by Crippen LogP contribution is 2.21. The van der Waals surface area contributed by atoms with Gasteiger partial charge in [-0.3, -0.25) is 4.99 Å². The van der Waals surface area contributed by atoms with Gasteiger partial charge in [-0.1, -0.05) is 18.2 Å². The highest BCUT2D eigenvalue weighted by molar-refractivity contribution is 5.80. The third-order valence-electron chi connectivity index (χ3n) is 3.69. The number of hydrogen-bond acceptors (Lipinski definition) is 5. The molecule has 1 saturated heterocycles. The average molecular weight is 274 g/mol. The van der Waals surface area contributed by atoms with Crippen molar-refractivity contribution in [1.29, 1.82) is 0 Å². The molecule has 2 aliphatic rings. The molecule has 5 heteroatoms. The van der Waals surface area contributed by atoms with Crippen LogP contribution in [0.25, 0.3) is 0 Å². The molecule has 0 amide bonds. The summed E-state index contributed by atoms with van der Waals surface area (Å²) in [6.07, 6.45) is 1.12. The molecule has 0 radical (unpaired) electrons. The summed E-state index contributed by atoms with van der Waals surface area (Å²) in [6.45, 7) is 6.30. The molecular formula is C15H22N4O. The molecule has 1 aromatic carbocycles. The maximum absolute atomic E-state index is 5.43. The highest BCUT2D eigenvalue weighted by Gasteiger charge is 2.14. The zero-order valence-corrected chi connectivity index (χ0v) is 11.8. The van der Waals surface area contributed by atoms with Gasteiger partial charge in [0, 0.05) is 38.4 Å². The molecule has 0 atom stereocenters. The first-order valence-electron chi connectivity index (χ1n) is 7.36. The number of morpholine rings is 1. The lowest BCUT2D eigenvalue weighted by Gasteiger charge is -2.30. The van der Waals surface area contributed by atoms with Crippen molar-refractivity contribution in [3.05, 3.63) is 29.8 Å². The Bertz CT molecular complexity index is 469. The summed E-state index contributed by atoms with van der Waals surface area (Å²) in [5.74, 6) is 0.924. The van der Waals surface area contributed by atoms with Crippen LogP contribution >= 0.6 is 0 Å². The van der Waals surface area contributed by atoms with Crippen molar-refractivity contribution >= 4 is 11.6 Å². The number of guanidine groups is 1. The molecule has 2 heterocycles. The summed E-state index contributed by atoms with van der Waals surface area (Å²) in [7, 11) is 0. The van der Waals surface area contributed by atoms with Crippen LogP contribution in [-0.2, 0) is 11.3 Å². The molecule has 0 bridgehead atoms. The van der Waals surface area contributed by atoms with E-state index < -0.39 is 0 Å². The summed E-state index contributed by atoms with van der Waals surface area (Å²) in [5, 5.41) is 6.69. The summed E-state index contributed by atoms with van der Waals surface area (Å²) >= 11 is 0. The lowest BCUT2D eigenvalue weighted by Crippen LogP contribution is -2.41. The van der Waals surface area contributed by atoms with Gasteiger partial charge < -0.3 is 20.3 Å². The maximum atomic E-state index is 5.43. The molecule has 0 unspecified atom stereocenters. The van der Waals surface area contributed by atoms with Gasteiger partial charge in [-0.2, -0.15) is 0 Å². The van der Waals surface area contributed by atoms with Crippen LogP contribution < -0.4 is 15.5 Å². The van der Waals surface area contributed by atoms with Crippen LogP contribution in [0.5, 0.6) is 0 Å². The van der Waals surface area contributed by atoms with Gasteiger partial charge in [0.25, 0.3) is 0 Å². The maximum Gasteiger partial charge on any atom is 0.191 e. The summed E-state index contributed by atoms with van der Waals surface area (Å²) in [4.78, 5) is 6.85. The minimum atomic E-state index is 0.805. The van der Waals surface area contributed by atoms with E-state index >= 15 is 0 Å². The minimum absolute atomic E-state index is 0.805. The average Bonchev–Trinajstić information content (AvgIpc) is 2.55. The van der Waals surface area contributed by atoms with E-state index in [1.807, 2.05) is 0 Å². The van der Waals surface area contributed by atoms with Gasteiger partial charge in [-0.05, 0) is 18.1 Å². The summed E-state index contributed by atoms with van der Waals surface area (Å²) in [5.41, 5.74) is 2.61. The number of ether oxygens (including phenoxy) is 1. The van der Waals surface area contributed by atoms with Gasteiger partial charge in [0.05, 0.1) is 13.2 Å². The molecule has 0 saturated carbocycles. The molecule has 1 aromatic rings. The van der Waals surface area contributed by atoms with E-state index in [-0.39, 0.29) is 0 Å². The van der Waals surface area contributed by atoms with E-state index in [1.54, 1.807) is 0 Å². The number of anilines is 1. The Morgan fingerprint density at radius 2 is 2.10 bits per heavy atom. The molecule has 3 rings (SSSR count). The standard InChI is InChI=1S/C15H22N4O/c1-2-5-14(19-8-10-20-11-9-19)13(4-1)12-18-15-16-6-3-7-17-15/h1-2,4-5H,3,6-12H2,(H2,16,17,18). The zero-order valence-electron chi connectivity index (χ0n) is 11.8. The van der Waals surface area contributed by atoms with Crippen LogP contribution in [0.3, 0.4) is 0 Å². The van der Waals surface area contributed by atoms with Gasteiger partial charge in [0.15, 0.2) is 5.96 Å². The zero-order chi connectivity index (χ0) is 13.6. The molecule has 2 N–H and O–H groups in total. The number of aliphatic imine (C=N–C) groups is 1. The lowest BCUT2D eigenvalue weighted by atomic mass is 10.1. The van der Waals surface area contributed by atoms with Crippen LogP contribution in [0.4, 0.5) is 5.69 Å². The molecule has 0 aromatic heterocycles. The number of para-hydroxylation sites is 1. The second-order valence-electron chi connectivity index (χ2n) is 5.09. The van der Waals surface area contributed by atoms with E-state index in [0.29, 0.717) is 0 Å². The fraction of sp³-hybridized carbons (Fsp3) is 0.533. The van der Waals surface area contributed by atoms with Gasteiger partial charge in [0.1, 0.15) is 0 Å². The van der Waals surface area contributed by atoms with E-state index in [9.17, 15) is 0 Å². The molecule has 0 spiro atoms. The van der Waals surface area contributed by atoms with Crippen molar-refractivity contribution in [3.8, 4) is 0 Å².